The van der Waals surface area contributed by atoms with Crippen LogP contribution in [0.15, 0.2) is 24.3 Å². The van der Waals surface area contributed by atoms with Crippen LogP contribution in [0.3, 0.4) is 0 Å². The van der Waals surface area contributed by atoms with Gasteiger partial charge >= 0.3 is 0 Å². The smallest absolute Gasteiger partial charge is 0.0488 e. The van der Waals surface area contributed by atoms with Gasteiger partial charge in [-0.15, -0.1) is 0 Å². The Kier molecular flexibility index (Phi) is 6.23. The van der Waals surface area contributed by atoms with E-state index >= 15 is 0 Å². The van der Waals surface area contributed by atoms with Crippen molar-refractivity contribution in [2.24, 2.45) is 11.7 Å². The third-order valence-electron chi connectivity index (χ3n) is 2.97. The predicted octanol–water partition coefficient (Wildman–Crippen LogP) is 3.10. The molecule has 0 heterocycles. The maximum absolute atomic E-state index is 5.86. The van der Waals surface area contributed by atoms with Crippen molar-refractivity contribution in [1.29, 1.82) is 0 Å². The quantitative estimate of drug-likeness (QED) is 0.737. The largest absolute Gasteiger partial charge is 0.381 e. The lowest BCUT2D eigenvalue weighted by Gasteiger charge is -2.18. The Labute approximate surface area is 105 Å². The highest BCUT2D eigenvalue weighted by molar-refractivity contribution is 5.29. The summed E-state index contributed by atoms with van der Waals surface area (Å²) in [5.74, 6) is 1.02. The number of rotatable bonds is 7. The van der Waals surface area contributed by atoms with Crippen LogP contribution in [-0.2, 0) is 4.74 Å². The number of aryl methyl sites for hydroxylation is 1. The van der Waals surface area contributed by atoms with E-state index in [0.29, 0.717) is 18.4 Å². The maximum Gasteiger partial charge on any atom is 0.0488 e. The third kappa shape index (κ3) is 4.88. The number of nitrogens with two attached hydrogens (primary N) is 1. The van der Waals surface area contributed by atoms with E-state index in [4.69, 9.17) is 10.5 Å². The summed E-state index contributed by atoms with van der Waals surface area (Å²) < 4.78 is 5.63. The molecule has 0 aliphatic carbocycles. The van der Waals surface area contributed by atoms with Gasteiger partial charge in [0, 0.05) is 13.2 Å². The van der Waals surface area contributed by atoms with Crippen LogP contribution in [0.25, 0.3) is 0 Å². The van der Waals surface area contributed by atoms with Crippen LogP contribution in [0, 0.1) is 12.8 Å². The zero-order chi connectivity index (χ0) is 12.7. The second-order valence-corrected chi connectivity index (χ2v) is 5.05. The molecular weight excluding hydrogens is 210 g/mol. The predicted molar refractivity (Wildman–Crippen MR) is 73.2 cm³/mol. The van der Waals surface area contributed by atoms with Gasteiger partial charge in [-0.05, 0) is 42.9 Å². The lowest BCUT2D eigenvalue weighted by Crippen LogP contribution is -2.16. The summed E-state index contributed by atoms with van der Waals surface area (Å²) >= 11 is 0. The van der Waals surface area contributed by atoms with E-state index in [-0.39, 0.29) is 0 Å². The maximum atomic E-state index is 5.86. The van der Waals surface area contributed by atoms with Gasteiger partial charge in [-0.25, -0.2) is 0 Å². The van der Waals surface area contributed by atoms with Crippen molar-refractivity contribution >= 4 is 0 Å². The van der Waals surface area contributed by atoms with Gasteiger partial charge in [-0.1, -0.05) is 38.1 Å². The van der Waals surface area contributed by atoms with Gasteiger partial charge in [0.1, 0.15) is 0 Å². The standard InChI is InChI=1S/C15H25NO/c1-12(2)11-17-9-8-14(10-16)15-7-5-4-6-13(15)3/h4-7,12,14H,8-11,16H2,1-3H3. The SMILES string of the molecule is Cc1ccccc1C(CN)CCOCC(C)C. The lowest BCUT2D eigenvalue weighted by atomic mass is 9.92. The van der Waals surface area contributed by atoms with E-state index in [2.05, 4.69) is 45.0 Å². The van der Waals surface area contributed by atoms with E-state index < -0.39 is 0 Å². The average molecular weight is 235 g/mol. The Morgan fingerprint density at radius 3 is 2.53 bits per heavy atom. The minimum Gasteiger partial charge on any atom is -0.381 e. The second-order valence-electron chi connectivity index (χ2n) is 5.05. The van der Waals surface area contributed by atoms with Crippen LogP contribution >= 0.6 is 0 Å². The second kappa shape index (κ2) is 7.46. The van der Waals surface area contributed by atoms with Crippen molar-refractivity contribution in [2.45, 2.75) is 33.1 Å². The van der Waals surface area contributed by atoms with Crippen molar-refractivity contribution < 1.29 is 4.74 Å². The van der Waals surface area contributed by atoms with Crippen LogP contribution in [-0.4, -0.2) is 19.8 Å². The Morgan fingerprint density at radius 1 is 1.24 bits per heavy atom. The minimum absolute atomic E-state index is 0.420. The number of hydrogen-bond acceptors (Lipinski definition) is 2. The van der Waals surface area contributed by atoms with Crippen LogP contribution in [0.4, 0.5) is 0 Å². The molecule has 1 unspecified atom stereocenters. The molecule has 0 aromatic heterocycles. The lowest BCUT2D eigenvalue weighted by molar-refractivity contribution is 0.104. The number of benzene rings is 1. The highest BCUT2D eigenvalue weighted by Gasteiger charge is 2.11. The van der Waals surface area contributed by atoms with Crippen molar-refractivity contribution in [3.05, 3.63) is 35.4 Å². The highest BCUT2D eigenvalue weighted by Crippen LogP contribution is 2.21. The van der Waals surface area contributed by atoms with Gasteiger partial charge in [0.05, 0.1) is 0 Å². The van der Waals surface area contributed by atoms with Gasteiger partial charge in [0.25, 0.3) is 0 Å². The van der Waals surface area contributed by atoms with Crippen LogP contribution < -0.4 is 5.73 Å². The van der Waals surface area contributed by atoms with Gasteiger partial charge in [-0.3, -0.25) is 0 Å². The molecule has 2 N–H and O–H groups in total. The van der Waals surface area contributed by atoms with Gasteiger partial charge in [0.15, 0.2) is 0 Å². The van der Waals surface area contributed by atoms with Crippen molar-refractivity contribution in [2.75, 3.05) is 19.8 Å². The summed E-state index contributed by atoms with van der Waals surface area (Å²) in [5, 5.41) is 0. The van der Waals surface area contributed by atoms with E-state index in [1.807, 2.05) is 0 Å². The molecule has 1 atom stereocenters. The Bertz CT molecular complexity index is 322. The summed E-state index contributed by atoms with van der Waals surface area (Å²) in [7, 11) is 0. The molecule has 0 amide bonds. The molecule has 0 aliphatic heterocycles. The van der Waals surface area contributed by atoms with Crippen molar-refractivity contribution in [3.8, 4) is 0 Å². The molecule has 1 rings (SSSR count). The summed E-state index contributed by atoms with van der Waals surface area (Å²) in [5.41, 5.74) is 8.55. The monoisotopic (exact) mass is 235 g/mol. The first-order chi connectivity index (χ1) is 8.15. The van der Waals surface area contributed by atoms with Gasteiger partial charge in [-0.2, -0.15) is 0 Å². The van der Waals surface area contributed by atoms with E-state index in [1.54, 1.807) is 0 Å². The first-order valence-electron chi connectivity index (χ1n) is 6.48. The molecule has 1 aromatic rings. The Hall–Kier alpha value is -0.860. The summed E-state index contributed by atoms with van der Waals surface area (Å²) in [4.78, 5) is 0. The van der Waals surface area contributed by atoms with E-state index in [0.717, 1.165) is 19.6 Å². The molecule has 2 nitrogen and oxygen atoms in total. The summed E-state index contributed by atoms with van der Waals surface area (Å²) in [6.07, 6.45) is 1.01. The molecule has 0 fully saturated rings. The number of ether oxygens (including phenoxy) is 1. The molecule has 1 aromatic carbocycles. The normalized spacial score (nSPS) is 13.0. The minimum atomic E-state index is 0.420. The fourth-order valence-corrected chi connectivity index (χ4v) is 1.99. The third-order valence-corrected chi connectivity index (χ3v) is 2.97. The van der Waals surface area contributed by atoms with Crippen LogP contribution in [0.5, 0.6) is 0 Å². The molecule has 96 valence electrons. The molecule has 17 heavy (non-hydrogen) atoms. The molecule has 0 radical (unpaired) electrons. The molecule has 2 heteroatoms. The van der Waals surface area contributed by atoms with Crippen LogP contribution in [0.1, 0.15) is 37.3 Å². The average Bonchev–Trinajstić information content (AvgIpc) is 2.30. The molecule has 0 spiro atoms. The molecular formula is C15H25NO. The Balaban J connectivity index is 2.46. The topological polar surface area (TPSA) is 35.2 Å². The first kappa shape index (κ1) is 14.2. The molecule has 0 saturated heterocycles. The zero-order valence-corrected chi connectivity index (χ0v) is 11.3. The zero-order valence-electron chi connectivity index (χ0n) is 11.3. The fourth-order valence-electron chi connectivity index (χ4n) is 1.99. The van der Waals surface area contributed by atoms with Gasteiger partial charge < -0.3 is 10.5 Å². The van der Waals surface area contributed by atoms with Crippen molar-refractivity contribution in [1.82, 2.24) is 0 Å². The highest BCUT2D eigenvalue weighted by atomic mass is 16.5. The van der Waals surface area contributed by atoms with E-state index in [9.17, 15) is 0 Å². The van der Waals surface area contributed by atoms with Crippen LogP contribution in [0.2, 0.25) is 0 Å². The number of hydrogen-bond donors (Lipinski definition) is 1. The summed E-state index contributed by atoms with van der Waals surface area (Å²) in [6, 6.07) is 8.48. The van der Waals surface area contributed by atoms with Crippen molar-refractivity contribution in [3.63, 3.8) is 0 Å². The molecule has 0 aliphatic rings. The van der Waals surface area contributed by atoms with Gasteiger partial charge in [0.2, 0.25) is 0 Å². The molecule has 0 bridgehead atoms. The first-order valence-corrected chi connectivity index (χ1v) is 6.48. The molecule has 0 saturated carbocycles. The Morgan fingerprint density at radius 2 is 1.94 bits per heavy atom. The fraction of sp³-hybridized carbons (Fsp3) is 0.600. The summed E-state index contributed by atoms with van der Waals surface area (Å²) in [6.45, 7) is 8.81. The van der Waals surface area contributed by atoms with E-state index in [1.165, 1.54) is 11.1 Å².